The Kier molecular flexibility index (Phi) is 4.13. The minimum atomic E-state index is -0.528. The number of hydrogen-bond donors (Lipinski definition) is 1. The molecule has 0 atom stereocenters. The first-order valence-electron chi connectivity index (χ1n) is 6.73. The summed E-state index contributed by atoms with van der Waals surface area (Å²) in [6, 6.07) is 4.46. The summed E-state index contributed by atoms with van der Waals surface area (Å²) in [7, 11) is 1.70. The number of nitro groups is 1. The Morgan fingerprint density at radius 2 is 2.19 bits per heavy atom. The Labute approximate surface area is 123 Å². The highest BCUT2D eigenvalue weighted by molar-refractivity contribution is 5.99. The lowest BCUT2D eigenvalue weighted by atomic mass is 10.00. The van der Waals surface area contributed by atoms with Crippen LogP contribution in [0.1, 0.15) is 24.2 Å². The molecule has 0 aromatic heterocycles. The Morgan fingerprint density at radius 1 is 1.48 bits per heavy atom. The highest BCUT2D eigenvalue weighted by Gasteiger charge is 2.37. The molecule has 7 nitrogen and oxygen atoms in total. The van der Waals surface area contributed by atoms with Crippen LogP contribution in [0.25, 0.3) is 0 Å². The van der Waals surface area contributed by atoms with Crippen LogP contribution in [0.4, 0.5) is 11.4 Å². The minimum absolute atomic E-state index is 0.0989. The molecule has 1 aliphatic heterocycles. The number of carbonyl (C=O) groups excluding carboxylic acids is 1. The average Bonchev–Trinajstić information content (AvgIpc) is 2.45. The number of amides is 1. The van der Waals surface area contributed by atoms with Crippen LogP contribution in [0.15, 0.2) is 18.2 Å². The van der Waals surface area contributed by atoms with Gasteiger partial charge < -0.3 is 15.0 Å². The fourth-order valence-electron chi connectivity index (χ4n) is 2.40. The highest BCUT2D eigenvalue weighted by atomic mass is 16.6. The number of nitrogens with one attached hydrogen (secondary N) is 1. The largest absolute Gasteiger partial charge is 0.388 e. The third-order valence-electron chi connectivity index (χ3n) is 3.60. The number of carbonyl (C=O) groups is 1. The molecule has 2 rings (SSSR count). The zero-order valence-electron chi connectivity index (χ0n) is 12.4. The van der Waals surface area contributed by atoms with Crippen molar-refractivity contribution >= 4 is 17.3 Å². The second-order valence-electron chi connectivity index (χ2n) is 5.56. The molecule has 1 aliphatic rings. The van der Waals surface area contributed by atoms with Gasteiger partial charge in [-0.05, 0) is 26.0 Å². The molecule has 0 bridgehead atoms. The quantitative estimate of drug-likeness (QED) is 0.679. The predicted molar refractivity (Wildman–Crippen MR) is 78.6 cm³/mol. The summed E-state index contributed by atoms with van der Waals surface area (Å²) in [6.45, 7) is 5.05. The van der Waals surface area contributed by atoms with Gasteiger partial charge in [-0.15, -0.1) is 0 Å². The maximum atomic E-state index is 12.7. The van der Waals surface area contributed by atoms with E-state index in [9.17, 15) is 14.9 Å². The first-order valence-corrected chi connectivity index (χ1v) is 6.73. The highest BCUT2D eigenvalue weighted by Crippen LogP contribution is 2.28. The average molecular weight is 293 g/mol. The van der Waals surface area contributed by atoms with Crippen molar-refractivity contribution in [2.24, 2.45) is 0 Å². The van der Waals surface area contributed by atoms with Crippen LogP contribution < -0.4 is 5.32 Å². The zero-order valence-corrected chi connectivity index (χ0v) is 12.4. The number of anilines is 1. The molecule has 0 radical (unpaired) electrons. The maximum absolute atomic E-state index is 12.7. The summed E-state index contributed by atoms with van der Waals surface area (Å²) in [4.78, 5) is 25.0. The van der Waals surface area contributed by atoms with Gasteiger partial charge in [0.1, 0.15) is 5.56 Å². The van der Waals surface area contributed by atoms with Gasteiger partial charge in [-0.25, -0.2) is 0 Å². The van der Waals surface area contributed by atoms with Crippen molar-refractivity contribution in [3.8, 4) is 0 Å². The van der Waals surface area contributed by atoms with Crippen LogP contribution in [0.3, 0.4) is 0 Å². The Bertz CT molecular complexity index is 571. The lowest BCUT2D eigenvalue weighted by Crippen LogP contribution is -2.55. The second kappa shape index (κ2) is 5.69. The number of ether oxygens (including phenoxy) is 1. The Hall–Kier alpha value is -2.15. The SMILES string of the molecule is CNc1ccc([N+](=O)[O-])c(C(=O)N2CCOCC2(C)C)c1. The fraction of sp³-hybridized carbons (Fsp3) is 0.500. The van der Waals surface area contributed by atoms with E-state index in [2.05, 4.69) is 5.32 Å². The number of rotatable bonds is 3. The first kappa shape index (κ1) is 15.2. The Balaban J connectivity index is 2.44. The van der Waals surface area contributed by atoms with Crippen LogP contribution in [0.5, 0.6) is 0 Å². The number of morpholine rings is 1. The fourth-order valence-corrected chi connectivity index (χ4v) is 2.40. The summed E-state index contributed by atoms with van der Waals surface area (Å²) in [5.41, 5.74) is 0.0944. The van der Waals surface area contributed by atoms with Crippen molar-refractivity contribution in [1.29, 1.82) is 0 Å². The molecule has 114 valence electrons. The van der Waals surface area contributed by atoms with Gasteiger partial charge in [-0.2, -0.15) is 0 Å². The topological polar surface area (TPSA) is 84.7 Å². The molecule has 7 heteroatoms. The third kappa shape index (κ3) is 2.97. The molecule has 0 saturated carbocycles. The van der Waals surface area contributed by atoms with E-state index >= 15 is 0 Å². The van der Waals surface area contributed by atoms with E-state index < -0.39 is 10.5 Å². The summed E-state index contributed by atoms with van der Waals surface area (Å²) in [5, 5.41) is 14.1. The molecule has 0 aliphatic carbocycles. The van der Waals surface area contributed by atoms with Gasteiger partial charge in [0.2, 0.25) is 0 Å². The standard InChI is InChI=1S/C14H19N3O4/c1-14(2)9-21-7-6-16(14)13(18)11-8-10(15-3)4-5-12(11)17(19)20/h4-5,8,15H,6-7,9H2,1-3H3. The molecule has 1 fully saturated rings. The van der Waals surface area contributed by atoms with Crippen LogP contribution in [0.2, 0.25) is 0 Å². The number of benzene rings is 1. The third-order valence-corrected chi connectivity index (χ3v) is 3.60. The van der Waals surface area contributed by atoms with Gasteiger partial charge in [-0.1, -0.05) is 0 Å². The van der Waals surface area contributed by atoms with Crippen molar-refractivity contribution in [3.05, 3.63) is 33.9 Å². The normalized spacial score (nSPS) is 17.4. The maximum Gasteiger partial charge on any atom is 0.282 e. The molecule has 1 amide bonds. The van der Waals surface area contributed by atoms with E-state index in [1.165, 1.54) is 12.1 Å². The molecule has 0 unspecified atom stereocenters. The molecule has 1 heterocycles. The molecule has 0 spiro atoms. The summed E-state index contributed by atoms with van der Waals surface area (Å²) in [6.07, 6.45) is 0. The zero-order chi connectivity index (χ0) is 15.6. The van der Waals surface area contributed by atoms with Crippen molar-refractivity contribution < 1.29 is 14.5 Å². The summed E-state index contributed by atoms with van der Waals surface area (Å²) < 4.78 is 5.38. The van der Waals surface area contributed by atoms with E-state index in [1.807, 2.05) is 13.8 Å². The van der Waals surface area contributed by atoms with Gasteiger partial charge in [0.05, 0.1) is 23.7 Å². The number of nitrogens with zero attached hydrogens (tertiary/aromatic N) is 2. The molecule has 1 N–H and O–H groups in total. The monoisotopic (exact) mass is 293 g/mol. The minimum Gasteiger partial charge on any atom is -0.388 e. The summed E-state index contributed by atoms with van der Waals surface area (Å²) >= 11 is 0. The van der Waals surface area contributed by atoms with Crippen molar-refractivity contribution in [3.63, 3.8) is 0 Å². The van der Waals surface area contributed by atoms with Gasteiger partial charge in [0.25, 0.3) is 11.6 Å². The lowest BCUT2D eigenvalue weighted by Gasteiger charge is -2.42. The van der Waals surface area contributed by atoms with E-state index in [-0.39, 0.29) is 17.2 Å². The molecular formula is C14H19N3O4. The molecular weight excluding hydrogens is 274 g/mol. The molecule has 1 aromatic carbocycles. The van der Waals surface area contributed by atoms with Crippen LogP contribution in [0, 0.1) is 10.1 Å². The van der Waals surface area contributed by atoms with Crippen LogP contribution in [-0.2, 0) is 4.74 Å². The van der Waals surface area contributed by atoms with Gasteiger partial charge >= 0.3 is 0 Å². The van der Waals surface area contributed by atoms with Gasteiger partial charge in [0.15, 0.2) is 0 Å². The van der Waals surface area contributed by atoms with E-state index in [0.29, 0.717) is 25.4 Å². The number of nitro benzene ring substituents is 1. The molecule has 1 aromatic rings. The molecule has 21 heavy (non-hydrogen) atoms. The smallest absolute Gasteiger partial charge is 0.282 e. The van der Waals surface area contributed by atoms with Crippen molar-refractivity contribution in [2.45, 2.75) is 19.4 Å². The van der Waals surface area contributed by atoms with E-state index in [4.69, 9.17) is 4.74 Å². The van der Waals surface area contributed by atoms with E-state index in [1.54, 1.807) is 18.0 Å². The van der Waals surface area contributed by atoms with Crippen LogP contribution in [-0.4, -0.2) is 48.1 Å². The molecule has 1 saturated heterocycles. The predicted octanol–water partition coefficient (Wildman–Crippen LogP) is 1.89. The van der Waals surface area contributed by atoms with Crippen LogP contribution >= 0.6 is 0 Å². The van der Waals surface area contributed by atoms with Gasteiger partial charge in [-0.3, -0.25) is 14.9 Å². The van der Waals surface area contributed by atoms with E-state index in [0.717, 1.165) is 0 Å². The second-order valence-corrected chi connectivity index (χ2v) is 5.56. The van der Waals surface area contributed by atoms with Crippen molar-refractivity contribution in [2.75, 3.05) is 32.1 Å². The van der Waals surface area contributed by atoms with Crippen molar-refractivity contribution in [1.82, 2.24) is 4.90 Å². The first-order chi connectivity index (χ1) is 9.86. The Morgan fingerprint density at radius 3 is 2.76 bits per heavy atom. The lowest BCUT2D eigenvalue weighted by molar-refractivity contribution is -0.385. The number of hydrogen-bond acceptors (Lipinski definition) is 5. The van der Waals surface area contributed by atoms with Gasteiger partial charge in [0, 0.05) is 25.3 Å². The summed E-state index contributed by atoms with van der Waals surface area (Å²) in [5.74, 6) is -0.341.